The first-order chi connectivity index (χ1) is 21.0. The number of hydrogen-bond donors (Lipinski definition) is 4. The van der Waals surface area contributed by atoms with E-state index in [4.69, 9.17) is 26.0 Å². The summed E-state index contributed by atoms with van der Waals surface area (Å²) in [6, 6.07) is 9.81. The van der Waals surface area contributed by atoms with Crippen LogP contribution in [0.1, 0.15) is 29.2 Å². The molecule has 6 N–H and O–H groups in total. The van der Waals surface area contributed by atoms with Crippen LogP contribution in [0.2, 0.25) is 0 Å². The van der Waals surface area contributed by atoms with E-state index in [2.05, 4.69) is 15.5 Å². The first-order valence-corrected chi connectivity index (χ1v) is 14.2. The second-order valence-electron chi connectivity index (χ2n) is 10.4. The molecular weight excluding hydrogens is 566 g/mol. The quantitative estimate of drug-likeness (QED) is 0.115. The van der Waals surface area contributed by atoms with Gasteiger partial charge in [0.15, 0.2) is 17.2 Å². The molecule has 0 unspecified atom stereocenters. The number of aryl methyl sites for hydroxylation is 4. The molecule has 1 aliphatic rings. The first kappa shape index (κ1) is 31.9. The Kier molecular flexibility index (Phi) is 9.79. The van der Waals surface area contributed by atoms with Crippen LogP contribution in [-0.2, 0) is 33.8 Å². The predicted octanol–water partition coefficient (Wildman–Crippen LogP) is 1.36. The van der Waals surface area contributed by atoms with Gasteiger partial charge in [0.1, 0.15) is 11.2 Å². The van der Waals surface area contributed by atoms with Crippen molar-refractivity contribution in [3.8, 4) is 22.8 Å². The molecule has 2 heterocycles. The molecule has 0 saturated heterocycles. The van der Waals surface area contributed by atoms with Gasteiger partial charge in [-0.3, -0.25) is 19.8 Å². The van der Waals surface area contributed by atoms with Crippen LogP contribution >= 0.6 is 0 Å². The monoisotopic (exact) mass is 605 g/mol. The fourth-order valence-electron chi connectivity index (χ4n) is 5.38. The van der Waals surface area contributed by atoms with Crippen LogP contribution in [0.25, 0.3) is 11.3 Å². The maximum atomic E-state index is 14.1. The summed E-state index contributed by atoms with van der Waals surface area (Å²) in [5, 5.41) is 2.64. The SMILES string of the molecule is CCOc1cc2c(cc1OC)-c1cc(=Nc3c(C)cc(C)cc3C)n(CCNC(=O)/C(N)=C(/NN)C(=O)OC)c(=O)n1CC2. The molecule has 44 heavy (non-hydrogen) atoms. The molecule has 3 aromatic rings. The van der Waals surface area contributed by atoms with Gasteiger partial charge in [-0.25, -0.2) is 14.6 Å². The van der Waals surface area contributed by atoms with Crippen molar-refractivity contribution in [1.82, 2.24) is 19.9 Å². The van der Waals surface area contributed by atoms with E-state index in [0.29, 0.717) is 42.3 Å². The summed E-state index contributed by atoms with van der Waals surface area (Å²) >= 11 is 0. The smallest absolute Gasteiger partial charge is 0.357 e. The van der Waals surface area contributed by atoms with Crippen molar-refractivity contribution in [2.45, 2.75) is 47.2 Å². The number of amides is 1. The highest BCUT2D eigenvalue weighted by molar-refractivity contribution is 6.01. The summed E-state index contributed by atoms with van der Waals surface area (Å²) in [6.45, 7) is 8.90. The van der Waals surface area contributed by atoms with Gasteiger partial charge in [-0.05, 0) is 62.9 Å². The number of nitrogens with two attached hydrogens (primary N) is 2. The summed E-state index contributed by atoms with van der Waals surface area (Å²) in [6.07, 6.45) is 0.611. The fraction of sp³-hybridized carbons (Fsp3) is 0.355. The lowest BCUT2D eigenvalue weighted by atomic mass is 9.97. The van der Waals surface area contributed by atoms with E-state index >= 15 is 0 Å². The number of nitrogens with one attached hydrogen (secondary N) is 2. The van der Waals surface area contributed by atoms with Gasteiger partial charge in [0.2, 0.25) is 0 Å². The van der Waals surface area contributed by atoms with Crippen LogP contribution in [0, 0.1) is 20.8 Å². The second-order valence-corrected chi connectivity index (χ2v) is 10.4. The number of methoxy groups -OCH3 is 2. The van der Waals surface area contributed by atoms with Crippen molar-refractivity contribution in [2.75, 3.05) is 27.4 Å². The lowest BCUT2D eigenvalue weighted by Crippen LogP contribution is -2.45. The molecule has 13 heteroatoms. The lowest BCUT2D eigenvalue weighted by molar-refractivity contribution is -0.137. The van der Waals surface area contributed by atoms with Crippen LogP contribution in [0.15, 0.2) is 51.5 Å². The summed E-state index contributed by atoms with van der Waals surface area (Å²) in [5.41, 5.74) is 13.6. The third-order valence-electron chi connectivity index (χ3n) is 7.40. The van der Waals surface area contributed by atoms with Gasteiger partial charge >= 0.3 is 11.7 Å². The largest absolute Gasteiger partial charge is 0.493 e. The molecular formula is C31H39N7O6. The molecule has 1 aromatic heterocycles. The summed E-state index contributed by atoms with van der Waals surface area (Å²) in [4.78, 5) is 43.6. The molecule has 0 saturated carbocycles. The van der Waals surface area contributed by atoms with Gasteiger partial charge in [-0.2, -0.15) is 0 Å². The molecule has 13 nitrogen and oxygen atoms in total. The standard InChI is InChI=1S/C31H39N7O6/c1-7-44-24-14-20-8-10-37-22(21(20)15-23(24)42-5)16-25(35-27-18(3)12-17(2)13-19(27)4)38(31(37)41)11-9-34-29(39)26(32)28(36-33)30(40)43-6/h12-16,36H,7-11,32-33H2,1-6H3,(H,34,39)/b28-26-,35-25?. The zero-order valence-corrected chi connectivity index (χ0v) is 25.9. The average molecular weight is 606 g/mol. The van der Waals surface area contributed by atoms with Crippen molar-refractivity contribution in [1.29, 1.82) is 0 Å². The Balaban J connectivity index is 1.84. The third-order valence-corrected chi connectivity index (χ3v) is 7.40. The lowest BCUT2D eigenvalue weighted by Gasteiger charge is -2.25. The molecule has 4 rings (SSSR count). The Morgan fingerprint density at radius 3 is 2.36 bits per heavy atom. The molecule has 0 spiro atoms. The van der Waals surface area contributed by atoms with Crippen LogP contribution in [-0.4, -0.2) is 48.4 Å². The van der Waals surface area contributed by atoms with Crippen molar-refractivity contribution in [3.63, 3.8) is 0 Å². The number of carbonyl (C=O) groups is 2. The molecule has 0 fully saturated rings. The van der Waals surface area contributed by atoms with E-state index in [9.17, 15) is 14.4 Å². The van der Waals surface area contributed by atoms with Gasteiger partial charge in [0.05, 0.1) is 32.2 Å². The van der Waals surface area contributed by atoms with Crippen molar-refractivity contribution in [3.05, 3.63) is 80.0 Å². The molecule has 234 valence electrons. The molecule has 0 atom stereocenters. The summed E-state index contributed by atoms with van der Waals surface area (Å²) in [7, 11) is 2.72. The third kappa shape index (κ3) is 6.32. The van der Waals surface area contributed by atoms with E-state index < -0.39 is 17.6 Å². The number of ether oxygens (including phenoxy) is 3. The van der Waals surface area contributed by atoms with Crippen LogP contribution in [0.3, 0.4) is 0 Å². The number of benzene rings is 2. The van der Waals surface area contributed by atoms with Crippen LogP contribution in [0.4, 0.5) is 5.69 Å². The number of esters is 1. The van der Waals surface area contributed by atoms with Gasteiger partial charge in [0.25, 0.3) is 5.91 Å². The van der Waals surface area contributed by atoms with E-state index in [1.807, 2.05) is 58.0 Å². The van der Waals surface area contributed by atoms with E-state index in [0.717, 1.165) is 40.6 Å². The van der Waals surface area contributed by atoms with Crippen molar-refractivity contribution >= 4 is 17.6 Å². The zero-order chi connectivity index (χ0) is 32.1. The Morgan fingerprint density at radius 2 is 1.75 bits per heavy atom. The molecule has 2 aromatic carbocycles. The summed E-state index contributed by atoms with van der Waals surface area (Å²) < 4.78 is 19.2. The highest BCUT2D eigenvalue weighted by Gasteiger charge is 2.23. The maximum Gasteiger partial charge on any atom is 0.357 e. The number of fused-ring (bicyclic) bond motifs is 3. The minimum absolute atomic E-state index is 0.00825. The maximum absolute atomic E-state index is 14.1. The fourth-order valence-corrected chi connectivity index (χ4v) is 5.38. The van der Waals surface area contributed by atoms with Gasteiger partial charge in [-0.15, -0.1) is 0 Å². The normalized spacial score (nSPS) is 12.9. The molecule has 1 amide bonds. The number of hydrogen-bond acceptors (Lipinski definition) is 10. The Labute approximate surface area is 255 Å². The minimum Gasteiger partial charge on any atom is -0.493 e. The summed E-state index contributed by atoms with van der Waals surface area (Å²) in [5.74, 6) is 4.92. The van der Waals surface area contributed by atoms with Crippen molar-refractivity contribution in [2.24, 2.45) is 16.6 Å². The van der Waals surface area contributed by atoms with E-state index in [1.54, 1.807) is 11.7 Å². The van der Waals surface area contributed by atoms with Gasteiger partial charge in [-0.1, -0.05) is 17.7 Å². The molecule has 0 bridgehead atoms. The zero-order valence-electron chi connectivity index (χ0n) is 25.9. The second kappa shape index (κ2) is 13.5. The Morgan fingerprint density at radius 1 is 1.05 bits per heavy atom. The molecule has 0 aliphatic carbocycles. The highest BCUT2D eigenvalue weighted by Crippen LogP contribution is 2.37. The topological polar surface area (TPSA) is 177 Å². The Bertz CT molecular complexity index is 1750. The van der Waals surface area contributed by atoms with Gasteiger partial charge < -0.3 is 30.7 Å². The average Bonchev–Trinajstić information content (AvgIpc) is 2.99. The van der Waals surface area contributed by atoms with Gasteiger partial charge in [0, 0.05) is 31.3 Å². The molecule has 0 radical (unpaired) electrons. The molecule has 1 aliphatic heterocycles. The van der Waals surface area contributed by atoms with E-state index in [1.165, 1.54) is 4.57 Å². The highest BCUT2D eigenvalue weighted by atomic mass is 16.5. The minimum atomic E-state index is -0.891. The number of hydrazine groups is 1. The van der Waals surface area contributed by atoms with Crippen molar-refractivity contribution < 1.29 is 23.8 Å². The van der Waals surface area contributed by atoms with E-state index in [-0.39, 0.29) is 24.5 Å². The number of aromatic nitrogens is 2. The predicted molar refractivity (Wildman–Crippen MR) is 165 cm³/mol. The first-order valence-electron chi connectivity index (χ1n) is 14.2. The van der Waals surface area contributed by atoms with Crippen LogP contribution in [0.5, 0.6) is 11.5 Å². The van der Waals surface area contributed by atoms with Crippen LogP contribution < -0.4 is 43.0 Å². The number of rotatable bonds is 10. The Hall–Kier alpha value is -5.04. The number of carbonyl (C=O) groups excluding carboxylic acids is 2. The number of nitrogens with zero attached hydrogens (tertiary/aromatic N) is 3.